The molecule has 82 valence electrons. The van der Waals surface area contributed by atoms with E-state index in [4.69, 9.17) is 10.8 Å². The minimum absolute atomic E-state index is 0.0168. The van der Waals surface area contributed by atoms with Gasteiger partial charge in [0.1, 0.15) is 0 Å². The smallest absolute Gasteiger partial charge is 0.303 e. The van der Waals surface area contributed by atoms with Crippen LogP contribution in [0.5, 0.6) is 0 Å². The molecule has 0 bridgehead atoms. The number of amides is 1. The van der Waals surface area contributed by atoms with E-state index in [0.717, 1.165) is 0 Å². The van der Waals surface area contributed by atoms with Crippen LogP contribution in [0, 0.1) is 12.8 Å². The second-order valence-electron chi connectivity index (χ2n) is 2.42. The van der Waals surface area contributed by atoms with Gasteiger partial charge in [-0.05, 0) is 6.42 Å². The Morgan fingerprint density at radius 1 is 1.21 bits per heavy atom. The third kappa shape index (κ3) is 46.8. The van der Waals surface area contributed by atoms with Crippen molar-refractivity contribution in [1.82, 2.24) is 0 Å². The molecule has 0 aromatic carbocycles. The molecule has 4 heteroatoms. The topological polar surface area (TPSA) is 80.4 Å². The van der Waals surface area contributed by atoms with Gasteiger partial charge in [-0.3, -0.25) is 9.59 Å². The molecule has 0 saturated carbocycles. The third-order valence-corrected chi connectivity index (χ3v) is 0.814. The number of nitrogens with two attached hydrogens (primary N) is 1. The van der Waals surface area contributed by atoms with Crippen LogP contribution in [0.1, 0.15) is 39.5 Å². The third-order valence-electron chi connectivity index (χ3n) is 0.814. The van der Waals surface area contributed by atoms with Gasteiger partial charge in [-0.1, -0.05) is 20.3 Å². The van der Waals surface area contributed by atoms with Crippen LogP contribution in [-0.2, 0) is 9.59 Å². The molecule has 0 unspecified atom stereocenters. The molecule has 0 heterocycles. The van der Waals surface area contributed by atoms with E-state index in [1.54, 1.807) is 0 Å². The normalized spacial score (nSPS) is 7.14. The Labute approximate surface area is 85.5 Å². The zero-order valence-corrected chi connectivity index (χ0v) is 8.82. The van der Waals surface area contributed by atoms with Gasteiger partial charge < -0.3 is 10.8 Å². The number of hydrogen-bond donors (Lipinski definition) is 2. The van der Waals surface area contributed by atoms with Gasteiger partial charge in [-0.2, -0.15) is 0 Å². The minimum atomic E-state index is -0.892. The van der Waals surface area contributed by atoms with Crippen LogP contribution in [0.3, 0.4) is 0 Å². The Bertz CT molecular complexity index is 150. The summed E-state index contributed by atoms with van der Waals surface area (Å²) in [6.45, 7) is 4.25. The van der Waals surface area contributed by atoms with Crippen molar-refractivity contribution < 1.29 is 14.7 Å². The number of terminal acetylenes is 1. The van der Waals surface area contributed by atoms with Gasteiger partial charge in [0.15, 0.2) is 0 Å². The van der Waals surface area contributed by atoms with E-state index >= 15 is 0 Å². The average molecular weight is 201 g/mol. The molecular weight excluding hydrogens is 182 g/mol. The van der Waals surface area contributed by atoms with E-state index in [2.05, 4.69) is 26.7 Å². The summed E-state index contributed by atoms with van der Waals surface area (Å²) in [6.07, 6.45) is 9.76. The molecule has 14 heavy (non-hydrogen) atoms. The van der Waals surface area contributed by atoms with Crippen LogP contribution >= 0.6 is 0 Å². The highest BCUT2D eigenvalue weighted by molar-refractivity contribution is 5.74. The van der Waals surface area contributed by atoms with Crippen molar-refractivity contribution in [3.05, 3.63) is 0 Å². The monoisotopic (exact) mass is 201 g/mol. The lowest BCUT2D eigenvalue weighted by Gasteiger charge is -1.89. The van der Waals surface area contributed by atoms with Crippen LogP contribution in [0.25, 0.3) is 0 Å². The highest BCUT2D eigenvalue weighted by atomic mass is 16.4. The van der Waals surface area contributed by atoms with Crippen LogP contribution in [0.15, 0.2) is 0 Å². The summed E-state index contributed by atoms with van der Waals surface area (Å²) in [5.74, 6) is -1.34. The number of aliphatic carboxylic acids is 1. The van der Waals surface area contributed by atoms with Gasteiger partial charge in [-0.15, -0.1) is 12.8 Å². The van der Waals surface area contributed by atoms with Gasteiger partial charge in [0.05, 0.1) is 0 Å². The standard InChI is InChI=1S/C5H9NO3.C3H8.C2H2/c6-4(7)2-1-3-5(8)9;1-3-2;1-2/h1-3H2,(H2,6,7)(H,8,9);3H2,1-2H3;1-2H. The lowest BCUT2D eigenvalue weighted by molar-refractivity contribution is -0.137. The first-order chi connectivity index (χ1) is 6.54. The molecule has 0 aliphatic heterocycles. The average Bonchev–Trinajstić information content (AvgIpc) is 2.08. The number of rotatable bonds is 4. The summed E-state index contributed by atoms with van der Waals surface area (Å²) in [4.78, 5) is 19.8. The molecule has 0 radical (unpaired) electrons. The maximum absolute atomic E-state index is 10.0. The first-order valence-corrected chi connectivity index (χ1v) is 4.38. The Morgan fingerprint density at radius 2 is 1.57 bits per heavy atom. The molecule has 0 aromatic rings. The molecule has 0 aliphatic rings. The van der Waals surface area contributed by atoms with Gasteiger partial charge >= 0.3 is 5.97 Å². The zero-order chi connectivity index (χ0) is 12.0. The summed E-state index contributed by atoms with van der Waals surface area (Å²) in [7, 11) is 0. The second kappa shape index (κ2) is 17.5. The summed E-state index contributed by atoms with van der Waals surface area (Å²) < 4.78 is 0. The Hall–Kier alpha value is -1.50. The number of carbonyl (C=O) groups excluding carboxylic acids is 1. The molecule has 1 amide bonds. The van der Waals surface area contributed by atoms with Gasteiger partial charge in [0.2, 0.25) is 5.91 Å². The van der Waals surface area contributed by atoms with E-state index in [9.17, 15) is 9.59 Å². The van der Waals surface area contributed by atoms with Crippen LogP contribution in [0.4, 0.5) is 0 Å². The highest BCUT2D eigenvalue weighted by Gasteiger charge is 1.98. The lowest BCUT2D eigenvalue weighted by atomic mass is 10.2. The number of carboxylic acid groups (broad SMARTS) is 1. The van der Waals surface area contributed by atoms with E-state index < -0.39 is 11.9 Å². The first kappa shape index (κ1) is 18.3. The predicted molar refractivity (Wildman–Crippen MR) is 56.5 cm³/mol. The van der Waals surface area contributed by atoms with Crippen LogP contribution in [0.2, 0.25) is 0 Å². The molecule has 0 spiro atoms. The van der Waals surface area contributed by atoms with E-state index in [0.29, 0.717) is 6.42 Å². The van der Waals surface area contributed by atoms with Crippen molar-refractivity contribution in [3.63, 3.8) is 0 Å². The molecule has 3 N–H and O–H groups in total. The van der Waals surface area contributed by atoms with Crippen molar-refractivity contribution >= 4 is 11.9 Å². The molecule has 0 aromatic heterocycles. The molecule has 0 rings (SSSR count). The Balaban J connectivity index is -0.000000205. The Morgan fingerprint density at radius 3 is 1.79 bits per heavy atom. The Kier molecular flexibility index (Phi) is 23.0. The fourth-order valence-corrected chi connectivity index (χ4v) is 0.414. The van der Waals surface area contributed by atoms with E-state index in [1.807, 2.05) is 0 Å². The molecular formula is C10H19NO3. The largest absolute Gasteiger partial charge is 0.481 e. The number of hydrogen-bond acceptors (Lipinski definition) is 2. The fraction of sp³-hybridized carbons (Fsp3) is 0.600. The highest BCUT2D eigenvalue weighted by Crippen LogP contribution is 1.92. The quantitative estimate of drug-likeness (QED) is 0.674. The maximum Gasteiger partial charge on any atom is 0.303 e. The van der Waals surface area contributed by atoms with Gasteiger partial charge in [0.25, 0.3) is 0 Å². The summed E-state index contributed by atoms with van der Waals surface area (Å²) in [6, 6.07) is 0. The minimum Gasteiger partial charge on any atom is -0.481 e. The first-order valence-electron chi connectivity index (χ1n) is 4.38. The summed E-state index contributed by atoms with van der Waals surface area (Å²) in [5, 5.41) is 8.07. The van der Waals surface area contributed by atoms with Crippen molar-refractivity contribution in [2.75, 3.05) is 0 Å². The van der Waals surface area contributed by atoms with Gasteiger partial charge in [-0.25, -0.2) is 0 Å². The van der Waals surface area contributed by atoms with Crippen molar-refractivity contribution in [3.8, 4) is 12.8 Å². The maximum atomic E-state index is 10.0. The van der Waals surface area contributed by atoms with Crippen LogP contribution < -0.4 is 5.73 Å². The van der Waals surface area contributed by atoms with E-state index in [-0.39, 0.29) is 12.8 Å². The summed E-state index contributed by atoms with van der Waals surface area (Å²) >= 11 is 0. The van der Waals surface area contributed by atoms with Crippen molar-refractivity contribution in [2.24, 2.45) is 5.73 Å². The van der Waals surface area contributed by atoms with Crippen LogP contribution in [-0.4, -0.2) is 17.0 Å². The predicted octanol–water partition coefficient (Wildman–Crippen LogP) is 1.39. The molecule has 0 fully saturated rings. The SMILES string of the molecule is C#C.CCC.NC(=O)CCCC(=O)O. The number of carboxylic acids is 1. The molecule has 4 nitrogen and oxygen atoms in total. The second-order valence-corrected chi connectivity index (χ2v) is 2.42. The van der Waals surface area contributed by atoms with Crippen molar-refractivity contribution in [2.45, 2.75) is 39.5 Å². The summed E-state index contributed by atoms with van der Waals surface area (Å²) in [5.41, 5.74) is 4.75. The fourth-order valence-electron chi connectivity index (χ4n) is 0.414. The number of primary amides is 1. The zero-order valence-electron chi connectivity index (χ0n) is 8.82. The molecule has 0 saturated heterocycles. The van der Waals surface area contributed by atoms with E-state index in [1.165, 1.54) is 6.42 Å². The molecule has 0 aliphatic carbocycles. The number of carbonyl (C=O) groups is 2. The van der Waals surface area contributed by atoms with Gasteiger partial charge in [0, 0.05) is 12.8 Å². The lowest BCUT2D eigenvalue weighted by Crippen LogP contribution is -2.10. The van der Waals surface area contributed by atoms with Crippen molar-refractivity contribution in [1.29, 1.82) is 0 Å². The molecule has 0 atom stereocenters.